The second-order valence-electron chi connectivity index (χ2n) is 6.25. The molecule has 2 atom stereocenters. The molecule has 0 saturated heterocycles. The number of benzene rings is 2. The summed E-state index contributed by atoms with van der Waals surface area (Å²) in [5, 5.41) is 23.0. The Morgan fingerprint density at radius 1 is 0.897 bits per heavy atom. The van der Waals surface area contributed by atoms with Gasteiger partial charge in [-0.3, -0.25) is 9.59 Å². The van der Waals surface area contributed by atoms with E-state index in [4.69, 9.17) is 10.5 Å². The molecule has 154 valence electrons. The van der Waals surface area contributed by atoms with Crippen molar-refractivity contribution < 1.29 is 29.3 Å². The zero-order chi connectivity index (χ0) is 21.2. The van der Waals surface area contributed by atoms with Crippen LogP contribution in [0.3, 0.4) is 0 Å². The van der Waals surface area contributed by atoms with Crippen LogP contribution in [-0.4, -0.2) is 46.5 Å². The average Bonchev–Trinajstić information content (AvgIpc) is 2.71. The summed E-state index contributed by atoms with van der Waals surface area (Å²) in [4.78, 5) is 36.1. The van der Waals surface area contributed by atoms with Crippen molar-refractivity contribution >= 4 is 17.9 Å². The van der Waals surface area contributed by atoms with Gasteiger partial charge in [0.2, 0.25) is 11.8 Å². The summed E-state index contributed by atoms with van der Waals surface area (Å²) in [7, 11) is 0. The molecule has 2 aromatic carbocycles. The van der Waals surface area contributed by atoms with Crippen LogP contribution < -0.4 is 16.4 Å². The number of amides is 3. The monoisotopic (exact) mass is 401 g/mol. The van der Waals surface area contributed by atoms with Crippen molar-refractivity contribution in [3.8, 4) is 0 Å². The molecule has 29 heavy (non-hydrogen) atoms. The minimum Gasteiger partial charge on any atom is -0.445 e. The second-order valence-corrected chi connectivity index (χ2v) is 6.25. The second kappa shape index (κ2) is 10.8. The molecule has 0 radical (unpaired) electrons. The third kappa shape index (κ3) is 7.24. The molecule has 0 spiro atoms. The summed E-state index contributed by atoms with van der Waals surface area (Å²) in [6.07, 6.45) is -2.94. The van der Waals surface area contributed by atoms with Crippen molar-refractivity contribution in [3.63, 3.8) is 0 Å². The molecular formula is C20H23N3O6. The van der Waals surface area contributed by atoms with Crippen LogP contribution in [0.25, 0.3) is 0 Å². The lowest BCUT2D eigenvalue weighted by Gasteiger charge is -2.22. The Hall–Kier alpha value is -3.43. The number of alkyl carbamates (subject to hydrolysis) is 1. The summed E-state index contributed by atoms with van der Waals surface area (Å²) in [6.45, 7) is 0.00557. The van der Waals surface area contributed by atoms with Crippen molar-refractivity contribution in [1.82, 2.24) is 10.6 Å². The maximum absolute atomic E-state index is 12.6. The molecule has 0 aromatic heterocycles. The third-order valence-corrected chi connectivity index (χ3v) is 4.01. The number of aliphatic hydroxyl groups is 2. The lowest BCUT2D eigenvalue weighted by atomic mass is 10.0. The fourth-order valence-corrected chi connectivity index (χ4v) is 2.51. The van der Waals surface area contributed by atoms with E-state index in [1.165, 1.54) is 0 Å². The van der Waals surface area contributed by atoms with Crippen LogP contribution >= 0.6 is 0 Å². The van der Waals surface area contributed by atoms with E-state index in [0.717, 1.165) is 11.1 Å². The van der Waals surface area contributed by atoms with Crippen molar-refractivity contribution in [3.05, 3.63) is 71.8 Å². The van der Waals surface area contributed by atoms with Gasteiger partial charge < -0.3 is 31.3 Å². The van der Waals surface area contributed by atoms with E-state index < -0.39 is 36.3 Å². The molecule has 6 N–H and O–H groups in total. The van der Waals surface area contributed by atoms with Crippen LogP contribution in [0.5, 0.6) is 0 Å². The van der Waals surface area contributed by atoms with E-state index in [-0.39, 0.29) is 13.0 Å². The molecule has 0 heterocycles. The van der Waals surface area contributed by atoms with Gasteiger partial charge in [0.25, 0.3) is 0 Å². The normalized spacial score (nSPS) is 12.7. The maximum atomic E-state index is 12.6. The first-order valence-electron chi connectivity index (χ1n) is 8.84. The highest BCUT2D eigenvalue weighted by atomic mass is 16.5. The van der Waals surface area contributed by atoms with Gasteiger partial charge in [0.05, 0.1) is 0 Å². The third-order valence-electron chi connectivity index (χ3n) is 4.01. The Labute approximate surface area is 167 Å². The van der Waals surface area contributed by atoms with Gasteiger partial charge in [-0.1, -0.05) is 60.7 Å². The smallest absolute Gasteiger partial charge is 0.408 e. The Kier molecular flexibility index (Phi) is 8.13. The summed E-state index contributed by atoms with van der Waals surface area (Å²) in [6, 6.07) is 15.0. The Morgan fingerprint density at radius 3 is 1.97 bits per heavy atom. The number of nitrogens with two attached hydrogens (primary N) is 1. The summed E-state index contributed by atoms with van der Waals surface area (Å²) in [5.74, 6) is -1.94. The van der Waals surface area contributed by atoms with E-state index in [2.05, 4.69) is 10.6 Å². The van der Waals surface area contributed by atoms with Crippen LogP contribution in [-0.2, 0) is 27.4 Å². The van der Waals surface area contributed by atoms with Crippen LogP contribution in [0, 0.1) is 0 Å². The predicted molar refractivity (Wildman–Crippen MR) is 103 cm³/mol. The molecule has 1 unspecified atom stereocenters. The minimum absolute atomic E-state index is 0.00557. The van der Waals surface area contributed by atoms with E-state index in [9.17, 15) is 24.6 Å². The molecule has 2 rings (SSSR count). The molecule has 0 aliphatic heterocycles. The highest BCUT2D eigenvalue weighted by Gasteiger charge is 2.29. The zero-order valence-corrected chi connectivity index (χ0v) is 15.5. The van der Waals surface area contributed by atoms with E-state index in [1.807, 2.05) is 6.07 Å². The molecule has 0 bridgehead atoms. The number of rotatable bonds is 9. The van der Waals surface area contributed by atoms with Gasteiger partial charge in [-0.25, -0.2) is 4.79 Å². The summed E-state index contributed by atoms with van der Waals surface area (Å²) >= 11 is 0. The average molecular weight is 401 g/mol. The molecule has 9 nitrogen and oxygen atoms in total. The zero-order valence-electron chi connectivity index (χ0n) is 15.5. The largest absolute Gasteiger partial charge is 0.445 e. The summed E-state index contributed by atoms with van der Waals surface area (Å²) in [5.41, 5.74) is 6.57. The van der Waals surface area contributed by atoms with Crippen LogP contribution in [0.1, 0.15) is 11.1 Å². The number of aliphatic hydroxyl groups excluding tert-OH is 1. The molecule has 0 aliphatic carbocycles. The fourth-order valence-electron chi connectivity index (χ4n) is 2.51. The fraction of sp³-hybridized carbons (Fsp3) is 0.250. The van der Waals surface area contributed by atoms with Crippen molar-refractivity contribution in [1.29, 1.82) is 0 Å². The first-order valence-corrected chi connectivity index (χ1v) is 8.84. The minimum atomic E-state index is -2.18. The number of hydrogen-bond acceptors (Lipinski definition) is 6. The number of ether oxygens (including phenoxy) is 1. The quantitative estimate of drug-likeness (QED) is 0.367. The summed E-state index contributed by atoms with van der Waals surface area (Å²) < 4.78 is 5.13. The van der Waals surface area contributed by atoms with Crippen molar-refractivity contribution in [2.24, 2.45) is 5.73 Å². The van der Waals surface area contributed by atoms with Crippen LogP contribution in [0.15, 0.2) is 60.7 Å². The first-order chi connectivity index (χ1) is 13.9. The Morgan fingerprint density at radius 2 is 1.45 bits per heavy atom. The molecule has 0 aliphatic rings. The lowest BCUT2D eigenvalue weighted by Crippen LogP contribution is -2.57. The predicted octanol–water partition coefficient (Wildman–Crippen LogP) is -0.195. The van der Waals surface area contributed by atoms with E-state index in [1.54, 1.807) is 54.6 Å². The lowest BCUT2D eigenvalue weighted by molar-refractivity contribution is -0.140. The van der Waals surface area contributed by atoms with Gasteiger partial charge in [-0.05, 0) is 11.1 Å². The molecule has 0 saturated carbocycles. The molecule has 3 amide bonds. The first kappa shape index (κ1) is 21.9. The van der Waals surface area contributed by atoms with Gasteiger partial charge in [-0.2, -0.15) is 0 Å². The number of hydrogen-bond donors (Lipinski definition) is 5. The number of carbonyl (C=O) groups is 3. The molecule has 2 aromatic rings. The molecule has 9 heteroatoms. The molecular weight excluding hydrogens is 378 g/mol. The number of primary amides is 1. The van der Waals surface area contributed by atoms with Gasteiger partial charge in [-0.15, -0.1) is 0 Å². The topological polar surface area (TPSA) is 151 Å². The van der Waals surface area contributed by atoms with Gasteiger partial charge in [0.15, 0.2) is 12.3 Å². The highest BCUT2D eigenvalue weighted by Crippen LogP contribution is 2.06. The van der Waals surface area contributed by atoms with E-state index >= 15 is 0 Å². The van der Waals surface area contributed by atoms with Gasteiger partial charge >= 0.3 is 6.09 Å². The number of nitrogens with one attached hydrogen (secondary N) is 2. The standard InChI is InChI=1S/C20H23N3O6/c21-17(24)16(19(26)27)23-18(25)15(11-13-7-3-1-4-8-13)22-20(28)29-12-14-9-5-2-6-10-14/h1-10,15-16,19,26-27H,11-12H2,(H2,21,24)(H,22,28)(H,23,25)/t15-,16?/m0/s1. The number of carbonyl (C=O) groups excluding carboxylic acids is 3. The SMILES string of the molecule is NC(=O)C(NC(=O)[C@H](Cc1ccccc1)NC(=O)OCc1ccccc1)C(O)O. The van der Waals surface area contributed by atoms with Crippen molar-refractivity contribution in [2.45, 2.75) is 31.4 Å². The van der Waals surface area contributed by atoms with E-state index in [0.29, 0.717) is 0 Å². The van der Waals surface area contributed by atoms with Crippen LogP contribution in [0.2, 0.25) is 0 Å². The van der Waals surface area contributed by atoms with Gasteiger partial charge in [0.1, 0.15) is 12.6 Å². The van der Waals surface area contributed by atoms with Gasteiger partial charge in [0, 0.05) is 6.42 Å². The Balaban J connectivity index is 2.06. The molecule has 0 fully saturated rings. The maximum Gasteiger partial charge on any atom is 0.408 e. The van der Waals surface area contributed by atoms with Crippen molar-refractivity contribution in [2.75, 3.05) is 0 Å². The van der Waals surface area contributed by atoms with Crippen LogP contribution in [0.4, 0.5) is 4.79 Å². The highest BCUT2D eigenvalue weighted by molar-refractivity contribution is 5.91. The Bertz CT molecular complexity index is 813.